The maximum Gasteiger partial charge on any atom is 0.0385 e. The van der Waals surface area contributed by atoms with Crippen LogP contribution >= 0.6 is 0 Å². The number of rotatable bonds is 10. The number of nitrogens with two attached hydrogens (primary N) is 2. The Morgan fingerprint density at radius 2 is 0.889 bits per heavy atom. The second kappa shape index (κ2) is 9.63. The zero-order chi connectivity index (χ0) is 19.8. The van der Waals surface area contributed by atoms with Crippen LogP contribution in [0.3, 0.4) is 0 Å². The molecule has 0 atom stereocenters. The van der Waals surface area contributed by atoms with E-state index in [2.05, 4.69) is 50.6 Å². The highest BCUT2D eigenvalue weighted by Gasteiger charge is 2.12. The van der Waals surface area contributed by atoms with Gasteiger partial charge in [-0.25, -0.2) is 0 Å². The molecule has 0 aliphatic carbocycles. The number of anilines is 2. The summed E-state index contributed by atoms with van der Waals surface area (Å²) in [6, 6.07) is 8.61. The number of hydrogen-bond acceptors (Lipinski definition) is 2. The summed E-state index contributed by atoms with van der Waals surface area (Å²) in [6.45, 7) is 15.4. The van der Waals surface area contributed by atoms with Crippen molar-refractivity contribution >= 4 is 11.4 Å². The molecular formula is C25H30N2. The van der Waals surface area contributed by atoms with E-state index in [0.717, 1.165) is 59.3 Å². The third-order valence-electron chi connectivity index (χ3n) is 4.69. The number of nitrogen functional groups attached to an aromatic ring is 2. The first-order valence-electron chi connectivity index (χ1n) is 9.27. The minimum atomic E-state index is 0.696. The summed E-state index contributed by atoms with van der Waals surface area (Å²) in [5, 5.41) is 0. The molecule has 0 saturated heterocycles. The first-order valence-corrected chi connectivity index (χ1v) is 9.27. The van der Waals surface area contributed by atoms with Crippen LogP contribution in [0.1, 0.15) is 33.4 Å². The molecule has 4 N–H and O–H groups in total. The lowest BCUT2D eigenvalue weighted by Crippen LogP contribution is -2.06. The van der Waals surface area contributed by atoms with Gasteiger partial charge in [0.1, 0.15) is 0 Å². The van der Waals surface area contributed by atoms with E-state index in [1.165, 1.54) is 11.1 Å². The van der Waals surface area contributed by atoms with Crippen LogP contribution in [0.5, 0.6) is 0 Å². The molecule has 27 heavy (non-hydrogen) atoms. The summed E-state index contributed by atoms with van der Waals surface area (Å²) in [5.74, 6) is 0. The zero-order valence-electron chi connectivity index (χ0n) is 16.1. The van der Waals surface area contributed by atoms with Gasteiger partial charge in [-0.3, -0.25) is 0 Å². The van der Waals surface area contributed by atoms with E-state index in [9.17, 15) is 0 Å². The second-order valence-corrected chi connectivity index (χ2v) is 6.80. The molecular weight excluding hydrogens is 328 g/mol. The second-order valence-electron chi connectivity index (χ2n) is 6.80. The Bertz CT molecular complexity index is 788. The monoisotopic (exact) mass is 358 g/mol. The average Bonchev–Trinajstić information content (AvgIpc) is 2.63. The average molecular weight is 359 g/mol. The van der Waals surface area contributed by atoms with E-state index in [1.807, 2.05) is 24.3 Å². The molecule has 0 saturated carbocycles. The van der Waals surface area contributed by atoms with Crippen LogP contribution in [0.4, 0.5) is 11.4 Å². The molecule has 0 spiro atoms. The standard InChI is InChI=1S/C25H30N2/c1-5-9-18-13-20(11-7-3)24(26)22(15-18)17-23-16-19(10-6-2)14-21(12-8-4)25(23)27/h5-8,13-16H,1-4,9-12,17,26-27H2. The van der Waals surface area contributed by atoms with E-state index in [1.54, 1.807) is 0 Å². The quantitative estimate of drug-likeness (QED) is 0.444. The van der Waals surface area contributed by atoms with E-state index in [-0.39, 0.29) is 0 Å². The number of hydrogen-bond donors (Lipinski definition) is 2. The van der Waals surface area contributed by atoms with Crippen molar-refractivity contribution in [1.29, 1.82) is 0 Å². The van der Waals surface area contributed by atoms with Gasteiger partial charge in [-0.2, -0.15) is 0 Å². The van der Waals surface area contributed by atoms with Crippen LogP contribution in [0.2, 0.25) is 0 Å². The van der Waals surface area contributed by atoms with Gasteiger partial charge < -0.3 is 11.5 Å². The maximum absolute atomic E-state index is 6.48. The molecule has 0 radical (unpaired) electrons. The summed E-state index contributed by atoms with van der Waals surface area (Å²) < 4.78 is 0. The fourth-order valence-corrected chi connectivity index (χ4v) is 3.42. The molecule has 0 aromatic heterocycles. The van der Waals surface area contributed by atoms with Crippen LogP contribution in [0.15, 0.2) is 74.9 Å². The lowest BCUT2D eigenvalue weighted by Gasteiger charge is -2.17. The lowest BCUT2D eigenvalue weighted by atomic mass is 9.91. The third-order valence-corrected chi connectivity index (χ3v) is 4.69. The van der Waals surface area contributed by atoms with Gasteiger partial charge in [-0.15, -0.1) is 26.3 Å². The van der Waals surface area contributed by atoms with E-state index in [0.29, 0.717) is 6.42 Å². The van der Waals surface area contributed by atoms with Crippen molar-refractivity contribution in [3.8, 4) is 0 Å². The first kappa shape index (κ1) is 20.3. The van der Waals surface area contributed by atoms with Crippen molar-refractivity contribution in [2.24, 2.45) is 0 Å². The fourth-order valence-electron chi connectivity index (χ4n) is 3.42. The van der Waals surface area contributed by atoms with E-state index < -0.39 is 0 Å². The number of benzene rings is 2. The molecule has 0 bridgehead atoms. The molecule has 2 aromatic rings. The summed E-state index contributed by atoms with van der Waals surface area (Å²) in [6.07, 6.45) is 11.4. The molecule has 140 valence electrons. The Morgan fingerprint density at radius 1 is 0.556 bits per heavy atom. The molecule has 0 fully saturated rings. The topological polar surface area (TPSA) is 52.0 Å². The van der Waals surface area contributed by atoms with Gasteiger partial charge in [0.15, 0.2) is 0 Å². The molecule has 0 aliphatic heterocycles. The SMILES string of the molecule is C=CCc1cc(CC=C)c(N)c(Cc2cc(CC=C)cc(CC=C)c2N)c1. The normalized spacial score (nSPS) is 10.4. The Labute approximate surface area is 163 Å². The molecule has 0 heterocycles. The molecule has 2 heteroatoms. The first-order chi connectivity index (χ1) is 13.0. The van der Waals surface area contributed by atoms with Gasteiger partial charge in [0.2, 0.25) is 0 Å². The molecule has 0 amide bonds. The predicted octanol–water partition coefficient (Wildman–Crippen LogP) is 5.36. The van der Waals surface area contributed by atoms with Crippen molar-refractivity contribution in [1.82, 2.24) is 0 Å². The van der Waals surface area contributed by atoms with E-state index >= 15 is 0 Å². The van der Waals surface area contributed by atoms with Crippen molar-refractivity contribution in [2.75, 3.05) is 11.5 Å². The van der Waals surface area contributed by atoms with Crippen molar-refractivity contribution in [3.63, 3.8) is 0 Å². The predicted molar refractivity (Wildman–Crippen MR) is 120 cm³/mol. The maximum atomic E-state index is 6.48. The molecule has 0 unspecified atom stereocenters. The van der Waals surface area contributed by atoms with Crippen LogP contribution in [-0.2, 0) is 32.1 Å². The van der Waals surface area contributed by atoms with Gasteiger partial charge >= 0.3 is 0 Å². The van der Waals surface area contributed by atoms with Gasteiger partial charge in [-0.05, 0) is 59.1 Å². The number of allylic oxidation sites excluding steroid dienone is 4. The van der Waals surface area contributed by atoms with Crippen LogP contribution < -0.4 is 11.5 Å². The largest absolute Gasteiger partial charge is 0.398 e. The highest BCUT2D eigenvalue weighted by molar-refractivity contribution is 5.62. The van der Waals surface area contributed by atoms with Crippen molar-refractivity contribution in [3.05, 3.63) is 108 Å². The smallest absolute Gasteiger partial charge is 0.0385 e. The summed E-state index contributed by atoms with van der Waals surface area (Å²) in [4.78, 5) is 0. The van der Waals surface area contributed by atoms with Gasteiger partial charge in [0.05, 0.1) is 0 Å². The minimum absolute atomic E-state index is 0.696. The molecule has 0 aliphatic rings. The highest BCUT2D eigenvalue weighted by Crippen LogP contribution is 2.29. The lowest BCUT2D eigenvalue weighted by molar-refractivity contribution is 1.11. The summed E-state index contributed by atoms with van der Waals surface area (Å²) >= 11 is 0. The molecule has 2 rings (SSSR count). The Hall–Kier alpha value is -3.00. The minimum Gasteiger partial charge on any atom is -0.398 e. The molecule has 2 aromatic carbocycles. The summed E-state index contributed by atoms with van der Waals surface area (Å²) in [7, 11) is 0. The van der Waals surface area contributed by atoms with Crippen molar-refractivity contribution in [2.45, 2.75) is 32.1 Å². The Morgan fingerprint density at radius 3 is 1.22 bits per heavy atom. The summed E-state index contributed by atoms with van der Waals surface area (Å²) in [5.41, 5.74) is 21.4. The van der Waals surface area contributed by atoms with E-state index in [4.69, 9.17) is 11.5 Å². The van der Waals surface area contributed by atoms with Crippen LogP contribution in [0, 0.1) is 0 Å². The highest BCUT2D eigenvalue weighted by atomic mass is 14.6. The third kappa shape index (κ3) is 5.01. The van der Waals surface area contributed by atoms with Gasteiger partial charge in [0.25, 0.3) is 0 Å². The van der Waals surface area contributed by atoms with Crippen LogP contribution in [0.25, 0.3) is 0 Å². The molecule has 2 nitrogen and oxygen atoms in total. The Balaban J connectivity index is 2.54. The van der Waals surface area contributed by atoms with Gasteiger partial charge in [0, 0.05) is 17.8 Å². The van der Waals surface area contributed by atoms with Crippen molar-refractivity contribution < 1.29 is 0 Å². The van der Waals surface area contributed by atoms with Crippen LogP contribution in [-0.4, -0.2) is 0 Å². The fraction of sp³-hybridized carbons (Fsp3) is 0.200. The Kier molecular flexibility index (Phi) is 7.25. The zero-order valence-corrected chi connectivity index (χ0v) is 16.1. The van der Waals surface area contributed by atoms with Gasteiger partial charge in [-0.1, -0.05) is 48.6 Å².